The molecule has 0 bridgehead atoms. The van der Waals surface area contributed by atoms with Crippen LogP contribution in [0.5, 0.6) is 0 Å². The number of halogens is 1. The van der Waals surface area contributed by atoms with Gasteiger partial charge in [-0.1, -0.05) is 60.1 Å². The summed E-state index contributed by atoms with van der Waals surface area (Å²) in [7, 11) is 0. The van der Waals surface area contributed by atoms with Crippen LogP contribution in [-0.4, -0.2) is 0 Å². The summed E-state index contributed by atoms with van der Waals surface area (Å²) in [5, 5.41) is 0.745. The van der Waals surface area contributed by atoms with E-state index in [2.05, 4.69) is 18.7 Å². The van der Waals surface area contributed by atoms with E-state index in [1.54, 1.807) is 0 Å². The fraction of sp³-hybridized carbons (Fsp3) is 0.176. The molecule has 19 heavy (non-hydrogen) atoms. The lowest BCUT2D eigenvalue weighted by Gasteiger charge is -2.17. The Balaban J connectivity index is 2.01. The van der Waals surface area contributed by atoms with E-state index < -0.39 is 0 Å². The standard InChI is InChI=1S/C17H17ClO/c1-2-6-17(15-7-4-3-5-8-15)19-13-14-9-11-16(18)12-10-14/h2-5,7-12,17H,1,6,13H2. The van der Waals surface area contributed by atoms with Crippen molar-refractivity contribution in [2.24, 2.45) is 0 Å². The van der Waals surface area contributed by atoms with Crippen LogP contribution < -0.4 is 0 Å². The monoisotopic (exact) mass is 272 g/mol. The van der Waals surface area contributed by atoms with E-state index in [9.17, 15) is 0 Å². The smallest absolute Gasteiger partial charge is 0.0863 e. The van der Waals surface area contributed by atoms with Crippen LogP contribution in [0.3, 0.4) is 0 Å². The summed E-state index contributed by atoms with van der Waals surface area (Å²) < 4.78 is 5.98. The number of hydrogen-bond acceptors (Lipinski definition) is 1. The summed E-state index contributed by atoms with van der Waals surface area (Å²) in [5.41, 5.74) is 2.30. The molecule has 2 aromatic rings. The summed E-state index contributed by atoms with van der Waals surface area (Å²) in [6.45, 7) is 4.37. The van der Waals surface area contributed by atoms with Gasteiger partial charge in [0.05, 0.1) is 12.7 Å². The summed E-state index contributed by atoms with van der Waals surface area (Å²) >= 11 is 5.87. The second kappa shape index (κ2) is 7.13. The van der Waals surface area contributed by atoms with Crippen molar-refractivity contribution in [2.45, 2.75) is 19.1 Å². The SMILES string of the molecule is C=CCC(OCc1ccc(Cl)cc1)c1ccccc1. The van der Waals surface area contributed by atoms with Crippen LogP contribution in [0.1, 0.15) is 23.7 Å². The van der Waals surface area contributed by atoms with Gasteiger partial charge in [0, 0.05) is 5.02 Å². The van der Waals surface area contributed by atoms with Crippen molar-refractivity contribution in [1.29, 1.82) is 0 Å². The Morgan fingerprint density at radius 3 is 2.37 bits per heavy atom. The first-order valence-corrected chi connectivity index (χ1v) is 6.69. The lowest BCUT2D eigenvalue weighted by molar-refractivity contribution is 0.0417. The van der Waals surface area contributed by atoms with E-state index in [1.165, 1.54) is 5.56 Å². The van der Waals surface area contributed by atoms with Crippen LogP contribution in [0.15, 0.2) is 67.3 Å². The van der Waals surface area contributed by atoms with Crippen molar-refractivity contribution >= 4 is 11.6 Å². The van der Waals surface area contributed by atoms with Crippen molar-refractivity contribution in [2.75, 3.05) is 0 Å². The van der Waals surface area contributed by atoms with Crippen LogP contribution in [-0.2, 0) is 11.3 Å². The van der Waals surface area contributed by atoms with E-state index in [4.69, 9.17) is 16.3 Å². The third-order valence-electron chi connectivity index (χ3n) is 2.92. The molecule has 0 amide bonds. The molecular weight excluding hydrogens is 256 g/mol. The first-order valence-electron chi connectivity index (χ1n) is 6.31. The summed E-state index contributed by atoms with van der Waals surface area (Å²) in [5.74, 6) is 0. The van der Waals surface area contributed by atoms with Crippen LogP contribution >= 0.6 is 11.6 Å². The van der Waals surface area contributed by atoms with Gasteiger partial charge < -0.3 is 4.74 Å². The number of ether oxygens (including phenoxy) is 1. The molecule has 0 saturated carbocycles. The third kappa shape index (κ3) is 4.23. The van der Waals surface area contributed by atoms with Crippen molar-refractivity contribution < 1.29 is 4.74 Å². The summed E-state index contributed by atoms with van der Waals surface area (Å²) in [6.07, 6.45) is 2.74. The van der Waals surface area contributed by atoms with Gasteiger partial charge in [-0.25, -0.2) is 0 Å². The van der Waals surface area contributed by atoms with Gasteiger partial charge in [0.1, 0.15) is 0 Å². The van der Waals surface area contributed by atoms with E-state index >= 15 is 0 Å². The fourth-order valence-corrected chi connectivity index (χ4v) is 2.02. The van der Waals surface area contributed by atoms with Crippen molar-refractivity contribution in [1.82, 2.24) is 0 Å². The number of hydrogen-bond donors (Lipinski definition) is 0. The predicted octanol–water partition coefficient (Wildman–Crippen LogP) is 5.17. The Hall–Kier alpha value is -1.57. The maximum atomic E-state index is 5.98. The van der Waals surface area contributed by atoms with Gasteiger partial charge in [-0.2, -0.15) is 0 Å². The minimum atomic E-state index is 0.0504. The molecule has 0 spiro atoms. The molecule has 2 rings (SSSR count). The maximum Gasteiger partial charge on any atom is 0.0863 e. The molecule has 0 N–H and O–H groups in total. The molecule has 2 aromatic carbocycles. The lowest BCUT2D eigenvalue weighted by Crippen LogP contribution is -2.03. The maximum absolute atomic E-state index is 5.98. The molecule has 2 heteroatoms. The van der Waals surface area contributed by atoms with Crippen molar-refractivity contribution in [3.8, 4) is 0 Å². The summed E-state index contributed by atoms with van der Waals surface area (Å²) in [6, 6.07) is 17.9. The van der Waals surface area contributed by atoms with E-state index in [0.29, 0.717) is 6.61 Å². The topological polar surface area (TPSA) is 9.23 Å². The Labute approximate surface area is 119 Å². The van der Waals surface area contributed by atoms with Crippen LogP contribution in [0.25, 0.3) is 0 Å². The Bertz CT molecular complexity index is 505. The highest BCUT2D eigenvalue weighted by atomic mass is 35.5. The molecule has 0 aliphatic rings. The van der Waals surface area contributed by atoms with Gasteiger partial charge in [0.2, 0.25) is 0 Å². The highest BCUT2D eigenvalue weighted by Crippen LogP contribution is 2.23. The molecule has 1 unspecified atom stereocenters. The first kappa shape index (κ1) is 13.9. The molecule has 0 aromatic heterocycles. The van der Waals surface area contributed by atoms with E-state index in [-0.39, 0.29) is 6.10 Å². The van der Waals surface area contributed by atoms with Gasteiger partial charge in [0.15, 0.2) is 0 Å². The van der Waals surface area contributed by atoms with Gasteiger partial charge in [0.25, 0.3) is 0 Å². The molecule has 0 heterocycles. The summed E-state index contributed by atoms with van der Waals surface area (Å²) in [4.78, 5) is 0. The van der Waals surface area contributed by atoms with E-state index in [0.717, 1.165) is 17.0 Å². The quantitative estimate of drug-likeness (QED) is 0.659. The molecule has 0 aliphatic heterocycles. The zero-order valence-electron chi connectivity index (χ0n) is 10.8. The van der Waals surface area contributed by atoms with Crippen LogP contribution in [0, 0.1) is 0 Å². The third-order valence-corrected chi connectivity index (χ3v) is 3.17. The average Bonchev–Trinajstić information content (AvgIpc) is 2.46. The molecule has 1 nitrogen and oxygen atoms in total. The zero-order valence-corrected chi connectivity index (χ0v) is 11.5. The normalized spacial score (nSPS) is 12.1. The fourth-order valence-electron chi connectivity index (χ4n) is 1.90. The minimum Gasteiger partial charge on any atom is -0.369 e. The van der Waals surface area contributed by atoms with Crippen molar-refractivity contribution in [3.05, 3.63) is 83.4 Å². The molecule has 0 aliphatic carbocycles. The Kier molecular flexibility index (Phi) is 5.20. The molecule has 0 saturated heterocycles. The van der Waals surface area contributed by atoms with Gasteiger partial charge in [-0.05, 0) is 29.7 Å². The second-order valence-electron chi connectivity index (χ2n) is 4.36. The Morgan fingerprint density at radius 2 is 1.74 bits per heavy atom. The highest BCUT2D eigenvalue weighted by Gasteiger charge is 2.09. The van der Waals surface area contributed by atoms with Gasteiger partial charge in [-0.3, -0.25) is 0 Å². The van der Waals surface area contributed by atoms with Gasteiger partial charge >= 0.3 is 0 Å². The predicted molar refractivity (Wildman–Crippen MR) is 80.2 cm³/mol. The highest BCUT2D eigenvalue weighted by molar-refractivity contribution is 6.30. The van der Waals surface area contributed by atoms with Gasteiger partial charge in [-0.15, -0.1) is 6.58 Å². The second-order valence-corrected chi connectivity index (χ2v) is 4.80. The molecule has 0 fully saturated rings. The molecule has 1 atom stereocenters. The molecule has 98 valence electrons. The average molecular weight is 273 g/mol. The Morgan fingerprint density at radius 1 is 1.05 bits per heavy atom. The lowest BCUT2D eigenvalue weighted by atomic mass is 10.1. The number of rotatable bonds is 6. The van der Waals surface area contributed by atoms with Crippen LogP contribution in [0.2, 0.25) is 5.02 Å². The largest absolute Gasteiger partial charge is 0.369 e. The zero-order chi connectivity index (χ0) is 13.5. The van der Waals surface area contributed by atoms with Crippen LogP contribution in [0.4, 0.5) is 0 Å². The minimum absolute atomic E-state index is 0.0504. The first-order chi connectivity index (χ1) is 9.29. The van der Waals surface area contributed by atoms with E-state index in [1.807, 2.05) is 48.5 Å². The van der Waals surface area contributed by atoms with Crippen molar-refractivity contribution in [3.63, 3.8) is 0 Å². The molecule has 0 radical (unpaired) electrons. The molecular formula is C17H17ClO. The number of benzene rings is 2.